The van der Waals surface area contributed by atoms with Crippen LogP contribution in [0.25, 0.3) is 10.2 Å². The lowest BCUT2D eigenvalue weighted by atomic mass is 10.0. The summed E-state index contributed by atoms with van der Waals surface area (Å²) in [6, 6.07) is 0. The highest BCUT2D eigenvalue weighted by Crippen LogP contribution is 2.25. The lowest BCUT2D eigenvalue weighted by Gasteiger charge is -2.20. The highest BCUT2D eigenvalue weighted by molar-refractivity contribution is 7.18. The summed E-state index contributed by atoms with van der Waals surface area (Å²) in [4.78, 5) is 21.3. The van der Waals surface area contributed by atoms with Crippen molar-refractivity contribution in [1.82, 2.24) is 15.3 Å². The Morgan fingerprint density at radius 2 is 2.33 bits per heavy atom. The second-order valence-electron chi connectivity index (χ2n) is 5.61. The summed E-state index contributed by atoms with van der Waals surface area (Å²) in [6.07, 6.45) is 0.631. The molecule has 0 radical (unpaired) electrons. The molecule has 1 aliphatic rings. The number of aliphatic hydroxyl groups is 1. The molecule has 6 nitrogen and oxygen atoms in total. The highest BCUT2D eigenvalue weighted by Gasteiger charge is 2.31. The molecule has 1 fully saturated rings. The summed E-state index contributed by atoms with van der Waals surface area (Å²) in [5.41, 5.74) is 0.0998. The van der Waals surface area contributed by atoms with E-state index in [0.717, 1.165) is 15.3 Å². The highest BCUT2D eigenvalue weighted by atomic mass is 32.1. The average Bonchev–Trinajstić information content (AvgIpc) is 2.95. The zero-order chi connectivity index (χ0) is 15.0. The molecule has 1 aliphatic heterocycles. The molecule has 0 spiro atoms. The molecule has 3 N–H and O–H groups in total. The smallest absolute Gasteiger partial charge is 0.259 e. The van der Waals surface area contributed by atoms with Crippen molar-refractivity contribution in [2.24, 2.45) is 0 Å². The Hall–Kier alpha value is -1.28. The van der Waals surface area contributed by atoms with Crippen molar-refractivity contribution in [1.29, 1.82) is 0 Å². The van der Waals surface area contributed by atoms with Gasteiger partial charge in [0.05, 0.1) is 18.5 Å². The minimum Gasteiger partial charge on any atom is -0.386 e. The van der Waals surface area contributed by atoms with Gasteiger partial charge in [0.2, 0.25) is 0 Å². The van der Waals surface area contributed by atoms with Crippen molar-refractivity contribution in [3.05, 3.63) is 26.6 Å². The van der Waals surface area contributed by atoms with Crippen LogP contribution in [0.3, 0.4) is 0 Å². The number of hydrogen-bond acceptors (Lipinski definition) is 6. The first kappa shape index (κ1) is 14.6. The van der Waals surface area contributed by atoms with E-state index in [1.807, 2.05) is 13.8 Å². The predicted octanol–water partition coefficient (Wildman–Crippen LogP) is 0.842. The largest absolute Gasteiger partial charge is 0.386 e. The number of aromatic amines is 1. The number of thiophene rings is 1. The van der Waals surface area contributed by atoms with E-state index in [-0.39, 0.29) is 5.56 Å². The summed E-state index contributed by atoms with van der Waals surface area (Å²) < 4.78 is 5.19. The first-order valence-electron chi connectivity index (χ1n) is 6.98. The van der Waals surface area contributed by atoms with Crippen LogP contribution in [-0.4, -0.2) is 40.4 Å². The van der Waals surface area contributed by atoms with Gasteiger partial charge >= 0.3 is 0 Å². The van der Waals surface area contributed by atoms with Gasteiger partial charge < -0.3 is 20.1 Å². The topological polar surface area (TPSA) is 87.2 Å². The number of aryl methyl sites for hydroxylation is 2. The quantitative estimate of drug-likeness (QED) is 0.779. The van der Waals surface area contributed by atoms with Crippen LogP contribution in [0.5, 0.6) is 0 Å². The second-order valence-corrected chi connectivity index (χ2v) is 6.81. The standard InChI is InChI=1S/C14H19N3O3S/c1-8-9(2)21-13-11(8)12(18)16-10(17-13)5-15-6-14(19)3-4-20-7-14/h15,19H,3-7H2,1-2H3,(H,16,17,18). The lowest BCUT2D eigenvalue weighted by Crippen LogP contribution is -2.41. The fraction of sp³-hybridized carbons (Fsp3) is 0.571. The van der Waals surface area contributed by atoms with E-state index < -0.39 is 5.60 Å². The van der Waals surface area contributed by atoms with Crippen LogP contribution in [0.1, 0.15) is 22.7 Å². The van der Waals surface area contributed by atoms with Gasteiger partial charge in [0.15, 0.2) is 0 Å². The summed E-state index contributed by atoms with van der Waals surface area (Å²) in [6.45, 7) is 5.73. The number of ether oxygens (including phenoxy) is 1. The molecule has 0 saturated carbocycles. The van der Waals surface area contributed by atoms with Gasteiger partial charge in [0.1, 0.15) is 16.3 Å². The molecule has 2 aromatic heterocycles. The maximum absolute atomic E-state index is 12.1. The molecule has 3 heterocycles. The van der Waals surface area contributed by atoms with Crippen molar-refractivity contribution in [2.75, 3.05) is 19.8 Å². The number of nitrogens with zero attached hydrogens (tertiary/aromatic N) is 1. The Kier molecular flexibility index (Phi) is 3.83. The van der Waals surface area contributed by atoms with Gasteiger partial charge in [-0.1, -0.05) is 0 Å². The molecule has 21 heavy (non-hydrogen) atoms. The van der Waals surface area contributed by atoms with Gasteiger partial charge in [0.25, 0.3) is 5.56 Å². The fourth-order valence-corrected chi connectivity index (χ4v) is 3.58. The molecule has 2 aromatic rings. The van der Waals surface area contributed by atoms with Crippen molar-refractivity contribution >= 4 is 21.6 Å². The monoisotopic (exact) mass is 309 g/mol. The van der Waals surface area contributed by atoms with E-state index in [1.54, 1.807) is 0 Å². The van der Waals surface area contributed by atoms with Crippen LogP contribution >= 0.6 is 11.3 Å². The van der Waals surface area contributed by atoms with Crippen LogP contribution in [0, 0.1) is 13.8 Å². The van der Waals surface area contributed by atoms with E-state index in [0.29, 0.717) is 43.9 Å². The van der Waals surface area contributed by atoms with Crippen LogP contribution in [0.2, 0.25) is 0 Å². The number of aromatic nitrogens is 2. The molecule has 0 bridgehead atoms. The third-order valence-corrected chi connectivity index (χ3v) is 5.02. The Bertz CT molecular complexity index is 716. The minimum atomic E-state index is -0.805. The van der Waals surface area contributed by atoms with Crippen LogP contribution in [-0.2, 0) is 11.3 Å². The summed E-state index contributed by atoms with van der Waals surface area (Å²) in [5, 5.41) is 14.0. The molecular formula is C14H19N3O3S. The summed E-state index contributed by atoms with van der Waals surface area (Å²) >= 11 is 1.54. The minimum absolute atomic E-state index is 0.0958. The Balaban J connectivity index is 1.74. The Labute approximate surface area is 126 Å². The number of fused-ring (bicyclic) bond motifs is 1. The first-order valence-corrected chi connectivity index (χ1v) is 7.80. The fourth-order valence-electron chi connectivity index (χ4n) is 2.53. The SMILES string of the molecule is Cc1sc2nc(CNCC3(O)CCOC3)[nH]c(=O)c2c1C. The van der Waals surface area contributed by atoms with Crippen molar-refractivity contribution in [3.8, 4) is 0 Å². The molecule has 1 atom stereocenters. The lowest BCUT2D eigenvalue weighted by molar-refractivity contribution is 0.0267. The van der Waals surface area contributed by atoms with Crippen molar-refractivity contribution in [2.45, 2.75) is 32.4 Å². The normalized spacial score (nSPS) is 22.2. The maximum atomic E-state index is 12.1. The summed E-state index contributed by atoms with van der Waals surface area (Å²) in [7, 11) is 0. The second kappa shape index (κ2) is 5.49. The molecule has 0 amide bonds. The van der Waals surface area contributed by atoms with E-state index in [2.05, 4.69) is 15.3 Å². The zero-order valence-electron chi connectivity index (χ0n) is 12.2. The van der Waals surface area contributed by atoms with Gasteiger partial charge in [-0.05, 0) is 19.4 Å². The van der Waals surface area contributed by atoms with Gasteiger partial charge in [-0.25, -0.2) is 4.98 Å². The van der Waals surface area contributed by atoms with E-state index in [4.69, 9.17) is 4.74 Å². The van der Waals surface area contributed by atoms with E-state index in [9.17, 15) is 9.90 Å². The van der Waals surface area contributed by atoms with Crippen molar-refractivity contribution in [3.63, 3.8) is 0 Å². The molecular weight excluding hydrogens is 290 g/mol. The van der Waals surface area contributed by atoms with Crippen LogP contribution in [0.15, 0.2) is 4.79 Å². The number of rotatable bonds is 4. The van der Waals surface area contributed by atoms with Crippen LogP contribution in [0.4, 0.5) is 0 Å². The Morgan fingerprint density at radius 3 is 3.05 bits per heavy atom. The van der Waals surface area contributed by atoms with Crippen LogP contribution < -0.4 is 10.9 Å². The number of H-pyrrole nitrogens is 1. The molecule has 0 aliphatic carbocycles. The van der Waals surface area contributed by atoms with Crippen molar-refractivity contribution < 1.29 is 9.84 Å². The van der Waals surface area contributed by atoms with Gasteiger partial charge in [-0.3, -0.25) is 4.79 Å². The molecule has 3 rings (SSSR count). The predicted molar refractivity (Wildman–Crippen MR) is 81.8 cm³/mol. The molecule has 114 valence electrons. The molecule has 1 saturated heterocycles. The number of hydrogen-bond donors (Lipinski definition) is 3. The molecule has 0 aromatic carbocycles. The first-order chi connectivity index (χ1) is 9.98. The number of nitrogens with one attached hydrogen (secondary N) is 2. The van der Waals surface area contributed by atoms with Gasteiger partial charge in [-0.15, -0.1) is 11.3 Å². The Morgan fingerprint density at radius 1 is 1.52 bits per heavy atom. The van der Waals surface area contributed by atoms with Gasteiger partial charge in [0, 0.05) is 24.4 Å². The third kappa shape index (κ3) is 2.87. The average molecular weight is 309 g/mol. The summed E-state index contributed by atoms with van der Waals surface area (Å²) in [5.74, 6) is 0.594. The molecule has 1 unspecified atom stereocenters. The zero-order valence-corrected chi connectivity index (χ0v) is 13.0. The third-order valence-electron chi connectivity index (χ3n) is 3.92. The van der Waals surface area contributed by atoms with E-state index in [1.165, 1.54) is 11.3 Å². The van der Waals surface area contributed by atoms with Gasteiger partial charge in [-0.2, -0.15) is 0 Å². The van der Waals surface area contributed by atoms with E-state index >= 15 is 0 Å². The maximum Gasteiger partial charge on any atom is 0.259 e. The molecule has 7 heteroatoms.